The van der Waals surface area contributed by atoms with Crippen molar-refractivity contribution < 1.29 is 9.46 Å². The highest BCUT2D eigenvalue weighted by molar-refractivity contribution is 7.58. The van der Waals surface area contributed by atoms with Crippen LogP contribution >= 0.6 is 7.37 Å². The van der Waals surface area contributed by atoms with Crippen molar-refractivity contribution >= 4 is 7.37 Å². The van der Waals surface area contributed by atoms with Crippen LogP contribution in [0.2, 0.25) is 0 Å². The van der Waals surface area contributed by atoms with Crippen LogP contribution in [0, 0.1) is 0 Å². The second-order valence-corrected chi connectivity index (χ2v) is 6.84. The molecule has 2 atom stereocenters. The third-order valence-electron chi connectivity index (χ3n) is 3.08. The molecule has 5 N–H and O–H groups in total. The summed E-state index contributed by atoms with van der Waals surface area (Å²) in [6, 6.07) is 17.7. The Morgan fingerprint density at radius 1 is 0.789 bits per heavy atom. The second-order valence-electron chi connectivity index (χ2n) is 4.38. The predicted octanol–water partition coefficient (Wildman–Crippen LogP) is 2.57. The van der Waals surface area contributed by atoms with Gasteiger partial charge in [-0.05, 0) is 11.1 Å². The molecule has 4 nitrogen and oxygen atoms in total. The summed E-state index contributed by atoms with van der Waals surface area (Å²) in [6.45, 7) is 0. The lowest BCUT2D eigenvalue weighted by Crippen LogP contribution is -2.20. The maximum Gasteiger partial charge on any atom is 0.241 e. The molecule has 2 aromatic rings. The highest BCUT2D eigenvalue weighted by Gasteiger charge is 2.36. The van der Waals surface area contributed by atoms with Crippen molar-refractivity contribution in [2.24, 2.45) is 11.5 Å². The number of benzene rings is 2. The van der Waals surface area contributed by atoms with Gasteiger partial charge in [-0.2, -0.15) is 0 Å². The Labute approximate surface area is 112 Å². The van der Waals surface area contributed by atoms with Crippen LogP contribution in [-0.2, 0) is 4.57 Å². The normalized spacial score (nSPS) is 17.4. The van der Waals surface area contributed by atoms with Gasteiger partial charge in [-0.3, -0.25) is 4.57 Å². The van der Waals surface area contributed by atoms with Gasteiger partial charge in [-0.1, -0.05) is 60.7 Å². The molecular weight excluding hydrogens is 259 g/mol. The van der Waals surface area contributed by atoms with E-state index in [9.17, 15) is 9.46 Å². The SMILES string of the molecule is NC(c1ccccc1)P(=O)(O)C(N)c1ccccc1. The third-order valence-corrected chi connectivity index (χ3v) is 5.27. The topological polar surface area (TPSA) is 89.3 Å². The molecule has 0 saturated heterocycles. The number of rotatable bonds is 4. The fourth-order valence-corrected chi connectivity index (χ4v) is 3.45. The van der Waals surface area contributed by atoms with E-state index in [0.29, 0.717) is 11.1 Å². The van der Waals surface area contributed by atoms with Gasteiger partial charge in [0.1, 0.15) is 11.6 Å². The van der Waals surface area contributed by atoms with Crippen molar-refractivity contribution in [3.05, 3.63) is 71.8 Å². The average Bonchev–Trinajstić information content (AvgIpc) is 2.47. The quantitative estimate of drug-likeness (QED) is 0.749. The minimum absolute atomic E-state index is 0.611. The first-order chi connectivity index (χ1) is 9.03. The van der Waals surface area contributed by atoms with Crippen LogP contribution in [0.5, 0.6) is 0 Å². The van der Waals surface area contributed by atoms with Crippen molar-refractivity contribution in [3.63, 3.8) is 0 Å². The maximum absolute atomic E-state index is 12.5. The third kappa shape index (κ3) is 2.94. The van der Waals surface area contributed by atoms with Gasteiger partial charge in [0.2, 0.25) is 7.37 Å². The van der Waals surface area contributed by atoms with Gasteiger partial charge in [0.25, 0.3) is 0 Å². The van der Waals surface area contributed by atoms with Gasteiger partial charge in [0.15, 0.2) is 0 Å². The molecule has 0 spiro atoms. The van der Waals surface area contributed by atoms with Crippen molar-refractivity contribution in [1.82, 2.24) is 0 Å². The standard InChI is InChI=1S/C14H17N2O2P/c15-13(11-7-3-1-4-8-11)19(17,18)14(16)12-9-5-2-6-10-12/h1-10,13-14H,15-16H2,(H,17,18). The molecule has 100 valence electrons. The Balaban J connectivity index is 2.30. The van der Waals surface area contributed by atoms with E-state index < -0.39 is 18.9 Å². The van der Waals surface area contributed by atoms with E-state index in [1.54, 1.807) is 48.5 Å². The molecule has 5 heteroatoms. The van der Waals surface area contributed by atoms with E-state index in [-0.39, 0.29) is 0 Å². The predicted molar refractivity (Wildman–Crippen MR) is 76.6 cm³/mol. The van der Waals surface area contributed by atoms with Crippen molar-refractivity contribution in [3.8, 4) is 0 Å². The molecule has 0 fully saturated rings. The fourth-order valence-electron chi connectivity index (χ4n) is 1.90. The Bertz CT molecular complexity index is 525. The fraction of sp³-hybridized carbons (Fsp3) is 0.143. The Morgan fingerprint density at radius 3 is 1.42 bits per heavy atom. The molecule has 0 aromatic heterocycles. The molecule has 2 rings (SSSR count). The molecule has 19 heavy (non-hydrogen) atoms. The molecule has 0 radical (unpaired) electrons. The minimum Gasteiger partial charge on any atom is -0.342 e. The molecule has 0 bridgehead atoms. The minimum atomic E-state index is -3.76. The van der Waals surface area contributed by atoms with Gasteiger partial charge < -0.3 is 16.4 Å². The first kappa shape index (κ1) is 14.0. The second kappa shape index (κ2) is 5.68. The summed E-state index contributed by atoms with van der Waals surface area (Å²) < 4.78 is 12.5. The van der Waals surface area contributed by atoms with E-state index in [1.165, 1.54) is 0 Å². The zero-order valence-electron chi connectivity index (χ0n) is 10.4. The zero-order valence-corrected chi connectivity index (χ0v) is 11.3. The van der Waals surface area contributed by atoms with Gasteiger partial charge in [0.05, 0.1) is 0 Å². The van der Waals surface area contributed by atoms with E-state index in [2.05, 4.69) is 0 Å². The summed E-state index contributed by atoms with van der Waals surface area (Å²) >= 11 is 0. The highest BCUT2D eigenvalue weighted by Crippen LogP contribution is 2.61. The van der Waals surface area contributed by atoms with Crippen LogP contribution in [0.15, 0.2) is 60.7 Å². The number of nitrogens with two attached hydrogens (primary N) is 2. The lowest BCUT2D eigenvalue weighted by Gasteiger charge is -2.25. The molecule has 2 aromatic carbocycles. The molecule has 0 aliphatic rings. The lowest BCUT2D eigenvalue weighted by atomic mass is 10.2. The van der Waals surface area contributed by atoms with Crippen molar-refractivity contribution in [1.29, 1.82) is 0 Å². The first-order valence-corrected chi connectivity index (χ1v) is 7.76. The molecule has 0 aliphatic heterocycles. The monoisotopic (exact) mass is 276 g/mol. The zero-order chi connectivity index (χ0) is 13.9. The van der Waals surface area contributed by atoms with Crippen LogP contribution in [0.3, 0.4) is 0 Å². The van der Waals surface area contributed by atoms with Crippen LogP contribution in [0.25, 0.3) is 0 Å². The van der Waals surface area contributed by atoms with E-state index in [0.717, 1.165) is 0 Å². The molecule has 0 saturated carbocycles. The van der Waals surface area contributed by atoms with Crippen molar-refractivity contribution in [2.45, 2.75) is 11.6 Å². The highest BCUT2D eigenvalue weighted by atomic mass is 31.2. The van der Waals surface area contributed by atoms with Crippen LogP contribution < -0.4 is 11.5 Å². The number of hydrogen-bond donors (Lipinski definition) is 3. The van der Waals surface area contributed by atoms with E-state index in [4.69, 9.17) is 11.5 Å². The molecule has 0 amide bonds. The van der Waals surface area contributed by atoms with E-state index >= 15 is 0 Å². The van der Waals surface area contributed by atoms with Crippen molar-refractivity contribution in [2.75, 3.05) is 0 Å². The summed E-state index contributed by atoms with van der Waals surface area (Å²) in [5.74, 6) is -1.96. The average molecular weight is 276 g/mol. The molecule has 2 unspecified atom stereocenters. The smallest absolute Gasteiger partial charge is 0.241 e. The van der Waals surface area contributed by atoms with Gasteiger partial charge in [-0.15, -0.1) is 0 Å². The molecule has 0 heterocycles. The summed E-state index contributed by atoms with van der Waals surface area (Å²) in [5, 5.41) is 0. The number of hydrogen-bond acceptors (Lipinski definition) is 3. The summed E-state index contributed by atoms with van der Waals surface area (Å²) in [5.41, 5.74) is 13.1. The van der Waals surface area contributed by atoms with Gasteiger partial charge in [-0.25, -0.2) is 0 Å². The van der Waals surface area contributed by atoms with Crippen LogP contribution in [-0.4, -0.2) is 4.89 Å². The van der Waals surface area contributed by atoms with Gasteiger partial charge >= 0.3 is 0 Å². The summed E-state index contributed by atoms with van der Waals surface area (Å²) in [6.07, 6.45) is 0. The lowest BCUT2D eigenvalue weighted by molar-refractivity contribution is 0.451. The first-order valence-electron chi connectivity index (χ1n) is 5.96. The van der Waals surface area contributed by atoms with Crippen LogP contribution in [0.4, 0.5) is 0 Å². The Morgan fingerprint density at radius 2 is 1.11 bits per heavy atom. The van der Waals surface area contributed by atoms with Crippen LogP contribution in [0.1, 0.15) is 22.7 Å². The van der Waals surface area contributed by atoms with Gasteiger partial charge in [0, 0.05) is 0 Å². The Kier molecular flexibility index (Phi) is 4.17. The maximum atomic E-state index is 12.5. The molecule has 0 aliphatic carbocycles. The van der Waals surface area contributed by atoms with E-state index in [1.807, 2.05) is 12.1 Å². The summed E-state index contributed by atoms with van der Waals surface area (Å²) in [4.78, 5) is 10.3. The Hall–Kier alpha value is -1.45. The summed E-state index contributed by atoms with van der Waals surface area (Å²) in [7, 11) is -3.76. The largest absolute Gasteiger partial charge is 0.342 e. The molecular formula is C14H17N2O2P.